The van der Waals surface area contributed by atoms with E-state index in [1.54, 1.807) is 11.8 Å². The van der Waals surface area contributed by atoms with Crippen molar-refractivity contribution in [2.45, 2.75) is 65.1 Å². The van der Waals surface area contributed by atoms with E-state index in [0.29, 0.717) is 18.9 Å². The molecule has 2 aromatic rings. The SMILES string of the molecule is CSc1nnc(CCCNC(=O)CCc2c(C)nn(C)c2C)n1CC(C)C. The highest BCUT2D eigenvalue weighted by Gasteiger charge is 2.13. The molecule has 2 rings (SSSR count). The van der Waals surface area contributed by atoms with Gasteiger partial charge in [0.05, 0.1) is 5.69 Å². The summed E-state index contributed by atoms with van der Waals surface area (Å²) in [7, 11) is 1.94. The van der Waals surface area contributed by atoms with E-state index in [2.05, 4.69) is 39.0 Å². The summed E-state index contributed by atoms with van der Waals surface area (Å²) >= 11 is 1.62. The Kier molecular flexibility index (Phi) is 7.89. The van der Waals surface area contributed by atoms with Gasteiger partial charge >= 0.3 is 0 Å². The van der Waals surface area contributed by atoms with Gasteiger partial charge < -0.3 is 9.88 Å². The molecule has 0 aliphatic heterocycles. The average molecular weight is 393 g/mol. The van der Waals surface area contributed by atoms with E-state index < -0.39 is 0 Å². The van der Waals surface area contributed by atoms with Crippen molar-refractivity contribution >= 4 is 17.7 Å². The molecule has 0 aliphatic rings. The Morgan fingerprint density at radius 3 is 2.56 bits per heavy atom. The van der Waals surface area contributed by atoms with Gasteiger partial charge in [-0.2, -0.15) is 5.10 Å². The summed E-state index contributed by atoms with van der Waals surface area (Å²) in [6.45, 7) is 10.0. The largest absolute Gasteiger partial charge is 0.356 e. The van der Waals surface area contributed by atoms with Crippen molar-refractivity contribution in [3.63, 3.8) is 0 Å². The fourth-order valence-corrected chi connectivity index (χ4v) is 3.71. The molecule has 2 aromatic heterocycles. The van der Waals surface area contributed by atoms with E-state index in [-0.39, 0.29) is 5.91 Å². The number of aryl methyl sites for hydroxylation is 3. The Bertz CT molecular complexity index is 765. The van der Waals surface area contributed by atoms with Crippen LogP contribution >= 0.6 is 11.8 Å². The number of nitrogens with zero attached hydrogens (tertiary/aromatic N) is 5. The average Bonchev–Trinajstić information content (AvgIpc) is 3.10. The van der Waals surface area contributed by atoms with Crippen molar-refractivity contribution < 1.29 is 4.79 Å². The van der Waals surface area contributed by atoms with Crippen molar-refractivity contribution in [2.24, 2.45) is 13.0 Å². The number of amides is 1. The van der Waals surface area contributed by atoms with Crippen LogP contribution in [-0.2, 0) is 31.2 Å². The monoisotopic (exact) mass is 392 g/mol. The Labute approximate surface area is 166 Å². The number of carbonyl (C=O) groups excluding carboxylic acids is 1. The molecule has 1 N–H and O–H groups in total. The summed E-state index contributed by atoms with van der Waals surface area (Å²) in [6.07, 6.45) is 4.93. The molecule has 0 spiro atoms. The van der Waals surface area contributed by atoms with Gasteiger partial charge in [-0.3, -0.25) is 9.48 Å². The minimum absolute atomic E-state index is 0.0890. The zero-order valence-corrected chi connectivity index (χ0v) is 18.2. The first-order chi connectivity index (χ1) is 12.8. The van der Waals surface area contributed by atoms with E-state index in [9.17, 15) is 4.79 Å². The van der Waals surface area contributed by atoms with Gasteiger partial charge in [0.15, 0.2) is 5.16 Å². The van der Waals surface area contributed by atoms with Gasteiger partial charge in [0.2, 0.25) is 5.91 Å². The summed E-state index contributed by atoms with van der Waals surface area (Å²) in [5, 5.41) is 17.0. The van der Waals surface area contributed by atoms with Crippen molar-refractivity contribution in [2.75, 3.05) is 12.8 Å². The lowest BCUT2D eigenvalue weighted by molar-refractivity contribution is -0.121. The highest BCUT2D eigenvalue weighted by Crippen LogP contribution is 2.17. The zero-order valence-electron chi connectivity index (χ0n) is 17.4. The fourth-order valence-electron chi connectivity index (χ4n) is 3.18. The van der Waals surface area contributed by atoms with Crippen molar-refractivity contribution in [1.82, 2.24) is 29.9 Å². The maximum atomic E-state index is 12.1. The lowest BCUT2D eigenvalue weighted by Gasteiger charge is -2.11. The molecule has 0 saturated heterocycles. The van der Waals surface area contributed by atoms with Crippen LogP contribution in [-0.4, -0.2) is 43.3 Å². The molecule has 0 aromatic carbocycles. The number of hydrogen-bond donors (Lipinski definition) is 1. The van der Waals surface area contributed by atoms with Gasteiger partial charge in [0.1, 0.15) is 5.82 Å². The van der Waals surface area contributed by atoms with E-state index in [0.717, 1.165) is 48.2 Å². The molecular formula is C19H32N6OS. The number of hydrogen-bond acceptors (Lipinski definition) is 5. The summed E-state index contributed by atoms with van der Waals surface area (Å²) in [6, 6.07) is 0. The second kappa shape index (κ2) is 9.92. The normalized spacial score (nSPS) is 11.4. The number of aromatic nitrogens is 5. The van der Waals surface area contributed by atoms with Gasteiger partial charge in [0, 0.05) is 38.7 Å². The molecule has 1 amide bonds. The summed E-state index contributed by atoms with van der Waals surface area (Å²) in [4.78, 5) is 12.1. The fraction of sp³-hybridized carbons (Fsp3) is 0.684. The van der Waals surface area contributed by atoms with Crippen LogP contribution in [0.25, 0.3) is 0 Å². The van der Waals surface area contributed by atoms with E-state index in [1.165, 1.54) is 5.56 Å². The second-order valence-electron chi connectivity index (χ2n) is 7.33. The van der Waals surface area contributed by atoms with Crippen LogP contribution in [0.15, 0.2) is 5.16 Å². The maximum Gasteiger partial charge on any atom is 0.220 e. The molecule has 150 valence electrons. The Morgan fingerprint density at radius 1 is 1.22 bits per heavy atom. The van der Waals surface area contributed by atoms with Gasteiger partial charge in [-0.15, -0.1) is 10.2 Å². The Morgan fingerprint density at radius 2 is 1.96 bits per heavy atom. The quantitative estimate of drug-likeness (QED) is 0.497. The van der Waals surface area contributed by atoms with Crippen molar-refractivity contribution in [3.8, 4) is 0 Å². The number of thioether (sulfide) groups is 1. The first-order valence-electron chi connectivity index (χ1n) is 9.55. The van der Waals surface area contributed by atoms with Crippen LogP contribution in [0.5, 0.6) is 0 Å². The molecular weight excluding hydrogens is 360 g/mol. The maximum absolute atomic E-state index is 12.1. The van der Waals surface area contributed by atoms with Crippen molar-refractivity contribution in [1.29, 1.82) is 0 Å². The van der Waals surface area contributed by atoms with E-state index in [1.807, 2.05) is 31.8 Å². The van der Waals surface area contributed by atoms with Crippen LogP contribution in [0.4, 0.5) is 0 Å². The third-order valence-corrected chi connectivity index (χ3v) is 5.35. The van der Waals surface area contributed by atoms with Gasteiger partial charge in [-0.25, -0.2) is 0 Å². The number of rotatable bonds is 10. The molecule has 0 saturated carbocycles. The second-order valence-corrected chi connectivity index (χ2v) is 8.11. The van der Waals surface area contributed by atoms with Gasteiger partial charge in [0.25, 0.3) is 0 Å². The van der Waals surface area contributed by atoms with Gasteiger partial charge in [-0.1, -0.05) is 25.6 Å². The lowest BCUT2D eigenvalue weighted by atomic mass is 10.1. The number of carbonyl (C=O) groups is 1. The molecule has 2 heterocycles. The molecule has 27 heavy (non-hydrogen) atoms. The van der Waals surface area contributed by atoms with Crippen molar-refractivity contribution in [3.05, 3.63) is 22.8 Å². The van der Waals surface area contributed by atoms with Crippen LogP contribution in [0.2, 0.25) is 0 Å². The highest BCUT2D eigenvalue weighted by molar-refractivity contribution is 7.98. The predicted octanol–water partition coefficient (Wildman–Crippen LogP) is 2.69. The van der Waals surface area contributed by atoms with Crippen LogP contribution < -0.4 is 5.32 Å². The van der Waals surface area contributed by atoms with Crippen LogP contribution in [0.1, 0.15) is 49.5 Å². The topological polar surface area (TPSA) is 77.6 Å². The molecule has 0 aliphatic carbocycles. The molecule has 0 bridgehead atoms. The molecule has 8 heteroatoms. The predicted molar refractivity (Wildman–Crippen MR) is 109 cm³/mol. The standard InChI is InChI=1S/C19H32N6OS/c1-13(2)12-25-17(21-22-19(25)27-6)8-7-11-20-18(26)10-9-16-14(3)23-24(5)15(16)4/h13H,7-12H2,1-6H3,(H,20,26). The smallest absolute Gasteiger partial charge is 0.220 e. The summed E-state index contributed by atoms with van der Waals surface area (Å²) in [5.74, 6) is 1.64. The summed E-state index contributed by atoms with van der Waals surface area (Å²) in [5.41, 5.74) is 3.32. The van der Waals surface area contributed by atoms with E-state index in [4.69, 9.17) is 0 Å². The van der Waals surface area contributed by atoms with Crippen LogP contribution in [0, 0.1) is 19.8 Å². The molecule has 0 radical (unpaired) electrons. The first-order valence-corrected chi connectivity index (χ1v) is 10.8. The van der Waals surface area contributed by atoms with Crippen LogP contribution in [0.3, 0.4) is 0 Å². The zero-order chi connectivity index (χ0) is 20.0. The minimum atomic E-state index is 0.0890. The molecule has 0 unspecified atom stereocenters. The molecule has 0 fully saturated rings. The van der Waals surface area contributed by atoms with E-state index >= 15 is 0 Å². The molecule has 7 nitrogen and oxygen atoms in total. The third-order valence-electron chi connectivity index (χ3n) is 4.68. The van der Waals surface area contributed by atoms with Gasteiger partial charge in [-0.05, 0) is 44.4 Å². The first kappa shape index (κ1) is 21.5. The minimum Gasteiger partial charge on any atom is -0.356 e. The third kappa shape index (κ3) is 5.82. The Balaban J connectivity index is 1.76. The highest BCUT2D eigenvalue weighted by atomic mass is 32.2. The molecule has 0 atom stereocenters. The number of nitrogens with one attached hydrogen (secondary N) is 1. The Hall–Kier alpha value is -1.83. The lowest BCUT2D eigenvalue weighted by Crippen LogP contribution is -2.25. The summed E-state index contributed by atoms with van der Waals surface area (Å²) < 4.78 is 4.07.